The van der Waals surface area contributed by atoms with E-state index < -0.39 is 0 Å². The maximum atomic E-state index is 13.0. The van der Waals surface area contributed by atoms with Crippen molar-refractivity contribution in [2.24, 2.45) is 5.92 Å². The predicted molar refractivity (Wildman–Crippen MR) is 104 cm³/mol. The highest BCUT2D eigenvalue weighted by Gasteiger charge is 2.26. The number of H-pyrrole nitrogens is 1. The van der Waals surface area contributed by atoms with E-state index in [1.165, 1.54) is 0 Å². The molecular formula is C20H26N4O2. The van der Waals surface area contributed by atoms with Crippen LogP contribution in [0.1, 0.15) is 30.3 Å². The molecule has 0 aliphatic carbocycles. The Bertz CT molecular complexity index is 848. The van der Waals surface area contributed by atoms with E-state index in [-0.39, 0.29) is 11.6 Å². The molecule has 2 aromatic rings. The Morgan fingerprint density at radius 1 is 1.23 bits per heavy atom. The largest absolute Gasteiger partial charge is 0.373 e. The van der Waals surface area contributed by atoms with Gasteiger partial charge in [0.25, 0.3) is 0 Å². The van der Waals surface area contributed by atoms with Crippen LogP contribution < -0.4 is 15.5 Å². The lowest BCUT2D eigenvalue weighted by molar-refractivity contribution is -0.118. The summed E-state index contributed by atoms with van der Waals surface area (Å²) < 4.78 is 0. The zero-order valence-electron chi connectivity index (χ0n) is 15.9. The monoisotopic (exact) mass is 354 g/mol. The lowest BCUT2D eigenvalue weighted by Gasteiger charge is -2.25. The molecule has 0 saturated heterocycles. The molecule has 6 nitrogen and oxygen atoms in total. The highest BCUT2D eigenvalue weighted by atomic mass is 16.2. The van der Waals surface area contributed by atoms with Gasteiger partial charge in [0.15, 0.2) is 0 Å². The second-order valence-electron chi connectivity index (χ2n) is 7.21. The molecule has 0 spiro atoms. The Morgan fingerprint density at radius 3 is 2.62 bits per heavy atom. The Hall–Kier alpha value is -2.63. The maximum absolute atomic E-state index is 13.0. The highest BCUT2D eigenvalue weighted by molar-refractivity contribution is 5.97. The molecular weight excluding hydrogens is 328 g/mol. The molecule has 0 fully saturated rings. The number of carbonyl (C=O) groups excluding carboxylic acids is 1. The normalized spacial score (nSPS) is 17.0. The summed E-state index contributed by atoms with van der Waals surface area (Å²) in [6.07, 6.45) is 0.962. The fourth-order valence-electron chi connectivity index (χ4n) is 3.78. The van der Waals surface area contributed by atoms with Gasteiger partial charge in [-0.25, -0.2) is 4.79 Å². The second-order valence-corrected chi connectivity index (χ2v) is 7.21. The van der Waals surface area contributed by atoms with Gasteiger partial charge in [-0.15, -0.1) is 0 Å². The van der Waals surface area contributed by atoms with Gasteiger partial charge in [-0.3, -0.25) is 4.79 Å². The molecule has 0 bridgehead atoms. The topological polar surface area (TPSA) is 69.3 Å². The van der Waals surface area contributed by atoms with E-state index in [0.717, 1.165) is 29.2 Å². The number of aryl methyl sites for hydroxylation is 2. The number of fused-ring (bicyclic) bond motifs is 1. The fraction of sp³-hybridized carbons (Fsp3) is 0.450. The smallest absolute Gasteiger partial charge is 0.345 e. The van der Waals surface area contributed by atoms with Gasteiger partial charge >= 0.3 is 5.69 Å². The first kappa shape index (κ1) is 18.2. The van der Waals surface area contributed by atoms with Crippen LogP contribution in [0, 0.1) is 19.8 Å². The van der Waals surface area contributed by atoms with Crippen molar-refractivity contribution >= 4 is 17.3 Å². The predicted octanol–water partition coefficient (Wildman–Crippen LogP) is 2.44. The molecule has 26 heavy (non-hydrogen) atoms. The van der Waals surface area contributed by atoms with Gasteiger partial charge in [0.05, 0.1) is 11.4 Å². The number of aromatic nitrogens is 2. The number of benzene rings is 1. The van der Waals surface area contributed by atoms with Crippen LogP contribution in [0.2, 0.25) is 0 Å². The van der Waals surface area contributed by atoms with Crippen molar-refractivity contribution in [3.63, 3.8) is 0 Å². The average Bonchev–Trinajstić information content (AvgIpc) is 2.70. The van der Waals surface area contributed by atoms with Crippen molar-refractivity contribution in [2.45, 2.75) is 33.6 Å². The summed E-state index contributed by atoms with van der Waals surface area (Å²) in [6, 6.07) is 8.06. The number of nitrogens with zero attached hydrogens (tertiary/aromatic N) is 3. The first-order chi connectivity index (χ1) is 12.4. The molecule has 1 aromatic carbocycles. The van der Waals surface area contributed by atoms with Crippen molar-refractivity contribution in [1.82, 2.24) is 9.97 Å². The Labute approximate surface area is 153 Å². The highest BCUT2D eigenvalue weighted by Crippen LogP contribution is 2.33. The van der Waals surface area contributed by atoms with Crippen LogP contribution in [0.4, 0.5) is 11.4 Å². The standard InChI is InChI=1S/C20H26N4O2/c1-13-11-23(4)17-7-5-6-8-18(17)24(12-13)19(25)10-9-16-14(2)21-20(26)22-15(16)3/h5-8,13H,9-12H2,1-4H3,(H,21,22,26). The van der Waals surface area contributed by atoms with Gasteiger partial charge in [0.2, 0.25) is 5.91 Å². The average molecular weight is 354 g/mol. The van der Waals surface area contributed by atoms with Gasteiger partial charge in [0, 0.05) is 37.9 Å². The Balaban J connectivity index is 1.83. The maximum Gasteiger partial charge on any atom is 0.345 e. The summed E-state index contributed by atoms with van der Waals surface area (Å²) in [5.74, 6) is 0.485. The molecule has 2 heterocycles. The van der Waals surface area contributed by atoms with Crippen molar-refractivity contribution in [2.75, 3.05) is 29.9 Å². The first-order valence-corrected chi connectivity index (χ1v) is 9.03. The van der Waals surface area contributed by atoms with E-state index in [1.54, 1.807) is 0 Å². The molecule has 0 saturated carbocycles. The number of anilines is 2. The number of amides is 1. The van der Waals surface area contributed by atoms with Gasteiger partial charge < -0.3 is 14.8 Å². The SMILES string of the molecule is Cc1nc(=O)[nH]c(C)c1CCC(=O)N1CC(C)CN(C)c2ccccc21. The number of rotatable bonds is 3. The van der Waals surface area contributed by atoms with Crippen molar-refractivity contribution < 1.29 is 4.79 Å². The third-order valence-electron chi connectivity index (χ3n) is 5.01. The number of aromatic amines is 1. The van der Waals surface area contributed by atoms with E-state index in [1.807, 2.05) is 36.9 Å². The van der Waals surface area contributed by atoms with E-state index in [4.69, 9.17) is 0 Å². The number of para-hydroxylation sites is 2. The van der Waals surface area contributed by atoms with Crippen LogP contribution in [0.25, 0.3) is 0 Å². The molecule has 6 heteroatoms. The molecule has 1 aliphatic rings. The molecule has 138 valence electrons. The van der Waals surface area contributed by atoms with E-state index in [0.29, 0.717) is 31.0 Å². The van der Waals surface area contributed by atoms with Crippen LogP contribution in [0.5, 0.6) is 0 Å². The van der Waals surface area contributed by atoms with Gasteiger partial charge in [-0.2, -0.15) is 4.98 Å². The number of carbonyl (C=O) groups is 1. The number of hydrogen-bond donors (Lipinski definition) is 1. The molecule has 1 amide bonds. The zero-order valence-corrected chi connectivity index (χ0v) is 15.9. The van der Waals surface area contributed by atoms with Crippen LogP contribution in [0.15, 0.2) is 29.1 Å². The third kappa shape index (κ3) is 3.64. The molecule has 1 N–H and O–H groups in total. The third-order valence-corrected chi connectivity index (χ3v) is 5.01. The Kier molecular flexibility index (Phi) is 5.11. The van der Waals surface area contributed by atoms with E-state index in [2.05, 4.69) is 34.9 Å². The summed E-state index contributed by atoms with van der Waals surface area (Å²) >= 11 is 0. The fourth-order valence-corrected chi connectivity index (χ4v) is 3.78. The summed E-state index contributed by atoms with van der Waals surface area (Å²) in [6.45, 7) is 7.47. The number of nitrogens with one attached hydrogen (secondary N) is 1. The lowest BCUT2D eigenvalue weighted by Crippen LogP contribution is -2.35. The molecule has 3 rings (SSSR count). The minimum absolute atomic E-state index is 0.101. The molecule has 1 unspecified atom stereocenters. The molecule has 1 atom stereocenters. The minimum Gasteiger partial charge on any atom is -0.373 e. The first-order valence-electron chi connectivity index (χ1n) is 9.03. The molecule has 1 aliphatic heterocycles. The summed E-state index contributed by atoms with van der Waals surface area (Å²) in [5.41, 5.74) is 4.16. The zero-order chi connectivity index (χ0) is 18.8. The van der Waals surface area contributed by atoms with Gasteiger partial charge in [-0.1, -0.05) is 19.1 Å². The van der Waals surface area contributed by atoms with Gasteiger partial charge in [-0.05, 0) is 43.9 Å². The molecule has 1 aromatic heterocycles. The van der Waals surface area contributed by atoms with Gasteiger partial charge in [0.1, 0.15) is 0 Å². The van der Waals surface area contributed by atoms with Crippen molar-refractivity contribution in [3.8, 4) is 0 Å². The number of hydrogen-bond acceptors (Lipinski definition) is 4. The van der Waals surface area contributed by atoms with Crippen molar-refractivity contribution in [1.29, 1.82) is 0 Å². The second kappa shape index (κ2) is 7.32. The van der Waals surface area contributed by atoms with Crippen LogP contribution in [0.3, 0.4) is 0 Å². The van der Waals surface area contributed by atoms with Crippen molar-refractivity contribution in [3.05, 3.63) is 51.7 Å². The van der Waals surface area contributed by atoms with Crippen LogP contribution >= 0.6 is 0 Å². The summed E-state index contributed by atoms with van der Waals surface area (Å²) in [7, 11) is 2.07. The summed E-state index contributed by atoms with van der Waals surface area (Å²) in [4.78, 5) is 35.3. The molecule has 0 radical (unpaired) electrons. The Morgan fingerprint density at radius 2 is 1.92 bits per heavy atom. The lowest BCUT2D eigenvalue weighted by atomic mass is 10.1. The summed E-state index contributed by atoms with van der Waals surface area (Å²) in [5, 5.41) is 0. The van der Waals surface area contributed by atoms with E-state index in [9.17, 15) is 9.59 Å². The minimum atomic E-state index is -0.339. The quantitative estimate of drug-likeness (QED) is 0.919. The van der Waals surface area contributed by atoms with Crippen LogP contribution in [-0.4, -0.2) is 36.0 Å². The van der Waals surface area contributed by atoms with E-state index >= 15 is 0 Å². The van der Waals surface area contributed by atoms with Crippen LogP contribution in [-0.2, 0) is 11.2 Å².